The van der Waals surface area contributed by atoms with Crippen LogP contribution in [0.1, 0.15) is 19.4 Å². The van der Waals surface area contributed by atoms with Gasteiger partial charge in [-0.1, -0.05) is 6.07 Å². The van der Waals surface area contributed by atoms with Crippen molar-refractivity contribution in [3.05, 3.63) is 42.0 Å². The Labute approximate surface area is 158 Å². The molecule has 0 unspecified atom stereocenters. The molecule has 0 aromatic heterocycles. The maximum absolute atomic E-state index is 12.2. The van der Waals surface area contributed by atoms with E-state index in [-0.39, 0.29) is 0 Å². The van der Waals surface area contributed by atoms with Gasteiger partial charge in [-0.2, -0.15) is 0 Å². The number of hydrogen-bond acceptors (Lipinski definition) is 5. The van der Waals surface area contributed by atoms with E-state index in [2.05, 4.69) is 10.6 Å². The molecule has 2 amide bonds. The summed E-state index contributed by atoms with van der Waals surface area (Å²) in [6.07, 6.45) is 0. The highest BCUT2D eigenvalue weighted by molar-refractivity contribution is 6.43. The summed E-state index contributed by atoms with van der Waals surface area (Å²) in [6.45, 7) is 6.54. The van der Waals surface area contributed by atoms with Crippen molar-refractivity contribution in [2.75, 3.05) is 31.0 Å². The van der Waals surface area contributed by atoms with Crippen LogP contribution in [0, 0.1) is 6.92 Å². The zero-order valence-electron chi connectivity index (χ0n) is 15.9. The monoisotopic (exact) mass is 372 g/mol. The lowest BCUT2D eigenvalue weighted by Crippen LogP contribution is -2.29. The van der Waals surface area contributed by atoms with E-state index in [1.807, 2.05) is 26.8 Å². The summed E-state index contributed by atoms with van der Waals surface area (Å²) in [5.41, 5.74) is 1.79. The molecule has 2 rings (SSSR count). The minimum Gasteiger partial charge on any atom is -0.495 e. The molecule has 7 nitrogen and oxygen atoms in total. The number of methoxy groups -OCH3 is 1. The molecule has 0 saturated heterocycles. The molecule has 0 atom stereocenters. The van der Waals surface area contributed by atoms with Crippen molar-refractivity contribution in [2.45, 2.75) is 20.8 Å². The Morgan fingerprint density at radius 1 is 0.852 bits per heavy atom. The van der Waals surface area contributed by atoms with E-state index in [1.54, 1.807) is 30.3 Å². The molecule has 0 aliphatic rings. The summed E-state index contributed by atoms with van der Waals surface area (Å²) in [6, 6.07) is 10.3. The molecular formula is C20H24N2O5. The number of carbonyl (C=O) groups excluding carboxylic acids is 2. The van der Waals surface area contributed by atoms with Crippen LogP contribution in [0.25, 0.3) is 0 Å². The summed E-state index contributed by atoms with van der Waals surface area (Å²) in [5.74, 6) is -0.0541. The van der Waals surface area contributed by atoms with Crippen molar-refractivity contribution < 1.29 is 23.8 Å². The molecule has 0 aliphatic heterocycles. The Morgan fingerprint density at radius 2 is 1.48 bits per heavy atom. The van der Waals surface area contributed by atoms with Crippen LogP contribution >= 0.6 is 0 Å². The second kappa shape index (κ2) is 9.47. The van der Waals surface area contributed by atoms with Crippen LogP contribution in [0.4, 0.5) is 11.4 Å². The summed E-state index contributed by atoms with van der Waals surface area (Å²) in [7, 11) is 1.50. The van der Waals surface area contributed by atoms with Gasteiger partial charge in [-0.25, -0.2) is 0 Å². The Balaban J connectivity index is 2.11. The summed E-state index contributed by atoms with van der Waals surface area (Å²) < 4.78 is 16.2. The van der Waals surface area contributed by atoms with Crippen molar-refractivity contribution in [3.8, 4) is 17.2 Å². The molecule has 0 spiro atoms. The maximum atomic E-state index is 12.2. The molecule has 0 radical (unpaired) electrons. The van der Waals surface area contributed by atoms with E-state index in [0.717, 1.165) is 5.56 Å². The first kappa shape index (κ1) is 20.1. The van der Waals surface area contributed by atoms with Gasteiger partial charge in [0, 0.05) is 11.8 Å². The minimum atomic E-state index is -0.801. The molecule has 7 heteroatoms. The summed E-state index contributed by atoms with van der Waals surface area (Å²) >= 11 is 0. The molecule has 2 N–H and O–H groups in total. The molecule has 0 bridgehead atoms. The van der Waals surface area contributed by atoms with Gasteiger partial charge < -0.3 is 24.8 Å². The van der Waals surface area contributed by atoms with Gasteiger partial charge in [0.25, 0.3) is 0 Å². The Hall–Kier alpha value is -3.22. The fourth-order valence-corrected chi connectivity index (χ4v) is 2.42. The van der Waals surface area contributed by atoms with Crippen molar-refractivity contribution >= 4 is 23.2 Å². The van der Waals surface area contributed by atoms with Crippen molar-refractivity contribution in [1.29, 1.82) is 0 Å². The number of hydrogen-bond donors (Lipinski definition) is 2. The largest absolute Gasteiger partial charge is 0.495 e. The number of benzene rings is 2. The van der Waals surface area contributed by atoms with Crippen molar-refractivity contribution in [2.24, 2.45) is 0 Å². The minimum absolute atomic E-state index is 0.429. The van der Waals surface area contributed by atoms with Crippen LogP contribution < -0.4 is 24.8 Å². The normalized spacial score (nSPS) is 10.1. The molecule has 0 aliphatic carbocycles. The SMILES string of the molecule is CCOc1ccc(NC(=O)C(=O)Nc2cc(C)ccc2OC)cc1OCC. The van der Waals surface area contributed by atoms with E-state index in [9.17, 15) is 9.59 Å². The van der Waals surface area contributed by atoms with Gasteiger partial charge in [-0.05, 0) is 50.6 Å². The highest BCUT2D eigenvalue weighted by atomic mass is 16.5. The average molecular weight is 372 g/mol. The van der Waals surface area contributed by atoms with E-state index < -0.39 is 11.8 Å². The van der Waals surface area contributed by atoms with Crippen LogP contribution in [0.2, 0.25) is 0 Å². The average Bonchev–Trinajstić information content (AvgIpc) is 2.64. The fourth-order valence-electron chi connectivity index (χ4n) is 2.42. The number of anilines is 2. The van der Waals surface area contributed by atoms with Gasteiger partial charge in [0.15, 0.2) is 11.5 Å². The fraction of sp³-hybridized carbons (Fsp3) is 0.300. The highest BCUT2D eigenvalue weighted by Crippen LogP contribution is 2.30. The van der Waals surface area contributed by atoms with Crippen LogP contribution in [0.5, 0.6) is 17.2 Å². The highest BCUT2D eigenvalue weighted by Gasteiger charge is 2.17. The number of ether oxygens (including phenoxy) is 3. The number of rotatable bonds is 7. The van der Waals surface area contributed by atoms with Crippen LogP contribution in [0.15, 0.2) is 36.4 Å². The molecule has 0 heterocycles. The lowest BCUT2D eigenvalue weighted by molar-refractivity contribution is -0.133. The Kier molecular flexibility index (Phi) is 7.05. The quantitative estimate of drug-likeness (QED) is 0.728. The maximum Gasteiger partial charge on any atom is 0.314 e. The first-order valence-corrected chi connectivity index (χ1v) is 8.65. The van der Waals surface area contributed by atoms with Crippen LogP contribution in [-0.2, 0) is 9.59 Å². The number of aryl methyl sites for hydroxylation is 1. The topological polar surface area (TPSA) is 85.9 Å². The summed E-state index contributed by atoms with van der Waals surface area (Å²) in [5, 5.41) is 5.12. The Morgan fingerprint density at radius 3 is 2.15 bits per heavy atom. The van der Waals surface area contributed by atoms with Gasteiger partial charge in [-0.3, -0.25) is 9.59 Å². The molecule has 2 aromatic rings. The predicted molar refractivity (Wildman–Crippen MR) is 104 cm³/mol. The van der Waals surface area contributed by atoms with Crippen molar-refractivity contribution in [3.63, 3.8) is 0 Å². The number of carbonyl (C=O) groups is 2. The first-order chi connectivity index (χ1) is 13.0. The molecule has 27 heavy (non-hydrogen) atoms. The van der Waals surface area contributed by atoms with E-state index in [0.29, 0.717) is 41.8 Å². The smallest absolute Gasteiger partial charge is 0.314 e. The lowest BCUT2D eigenvalue weighted by Gasteiger charge is -2.13. The molecule has 0 saturated carbocycles. The zero-order chi connectivity index (χ0) is 19.8. The molecule has 144 valence electrons. The molecule has 2 aromatic carbocycles. The second-order valence-corrected chi connectivity index (χ2v) is 5.64. The van der Waals surface area contributed by atoms with E-state index in [4.69, 9.17) is 14.2 Å². The van der Waals surface area contributed by atoms with E-state index >= 15 is 0 Å². The molecule has 0 fully saturated rings. The first-order valence-electron chi connectivity index (χ1n) is 8.65. The Bertz CT molecular complexity index is 820. The van der Waals surface area contributed by atoms with Gasteiger partial charge in [0.2, 0.25) is 0 Å². The van der Waals surface area contributed by atoms with Crippen LogP contribution in [0.3, 0.4) is 0 Å². The lowest BCUT2D eigenvalue weighted by atomic mass is 10.2. The van der Waals surface area contributed by atoms with Gasteiger partial charge in [0.05, 0.1) is 26.0 Å². The predicted octanol–water partition coefficient (Wildman–Crippen LogP) is 3.38. The third kappa shape index (κ3) is 5.37. The zero-order valence-corrected chi connectivity index (χ0v) is 15.9. The van der Waals surface area contributed by atoms with Gasteiger partial charge >= 0.3 is 11.8 Å². The summed E-state index contributed by atoms with van der Waals surface area (Å²) in [4.78, 5) is 24.5. The second-order valence-electron chi connectivity index (χ2n) is 5.64. The van der Waals surface area contributed by atoms with Crippen LogP contribution in [-0.4, -0.2) is 32.1 Å². The van der Waals surface area contributed by atoms with Gasteiger partial charge in [-0.15, -0.1) is 0 Å². The van der Waals surface area contributed by atoms with Crippen molar-refractivity contribution in [1.82, 2.24) is 0 Å². The number of amides is 2. The van der Waals surface area contributed by atoms with E-state index in [1.165, 1.54) is 7.11 Å². The standard InChI is InChI=1S/C20H24N2O5/c1-5-26-17-10-8-14(12-18(17)27-6-2)21-19(23)20(24)22-15-11-13(3)7-9-16(15)25-4/h7-12H,5-6H2,1-4H3,(H,21,23)(H,22,24). The third-order valence-electron chi connectivity index (χ3n) is 3.61. The van der Waals surface area contributed by atoms with Gasteiger partial charge in [0.1, 0.15) is 5.75 Å². The number of nitrogens with one attached hydrogen (secondary N) is 2. The molecular weight excluding hydrogens is 348 g/mol. The third-order valence-corrected chi connectivity index (χ3v) is 3.61.